The van der Waals surface area contributed by atoms with Crippen molar-refractivity contribution >= 4 is 35.6 Å². The number of hydrogen-bond acceptors (Lipinski definition) is 8. The van der Waals surface area contributed by atoms with Gasteiger partial charge in [-0.3, -0.25) is 29.0 Å². The number of imide groups is 2. The summed E-state index contributed by atoms with van der Waals surface area (Å²) in [4.78, 5) is 79.5. The van der Waals surface area contributed by atoms with Gasteiger partial charge in [-0.15, -0.1) is 0 Å². The molecule has 10 heteroatoms. The van der Waals surface area contributed by atoms with Gasteiger partial charge in [0.05, 0.1) is 35.5 Å². The van der Waals surface area contributed by atoms with E-state index in [2.05, 4.69) is 0 Å². The molecule has 0 radical (unpaired) electrons. The summed E-state index contributed by atoms with van der Waals surface area (Å²) >= 11 is 0. The van der Waals surface area contributed by atoms with Gasteiger partial charge in [0.25, 0.3) is 23.6 Å². The molecule has 0 saturated heterocycles. The van der Waals surface area contributed by atoms with E-state index in [1.54, 1.807) is 38.1 Å². The van der Waals surface area contributed by atoms with Gasteiger partial charge in [0.2, 0.25) is 0 Å². The molecule has 2 aliphatic rings. The Balaban J connectivity index is 1.64. The first-order chi connectivity index (χ1) is 17.3. The second-order valence-electron chi connectivity index (χ2n) is 8.16. The summed E-state index contributed by atoms with van der Waals surface area (Å²) < 4.78 is 10.2. The van der Waals surface area contributed by atoms with Gasteiger partial charge >= 0.3 is 11.9 Å². The predicted molar refractivity (Wildman–Crippen MR) is 124 cm³/mol. The maximum Gasteiger partial charge on any atom is 0.329 e. The quantitative estimate of drug-likeness (QED) is 0.385. The lowest BCUT2D eigenvalue weighted by molar-refractivity contribution is -0.150. The second-order valence-corrected chi connectivity index (χ2v) is 8.16. The van der Waals surface area contributed by atoms with Gasteiger partial charge in [-0.2, -0.15) is 0 Å². The zero-order chi connectivity index (χ0) is 26.0. The van der Waals surface area contributed by atoms with Gasteiger partial charge in [-0.25, -0.2) is 9.59 Å². The van der Waals surface area contributed by atoms with Crippen molar-refractivity contribution in [3.63, 3.8) is 0 Å². The number of esters is 2. The maximum atomic E-state index is 13.0. The second kappa shape index (κ2) is 10.1. The average molecular weight is 492 g/mol. The third-order valence-electron chi connectivity index (χ3n) is 6.11. The number of carbonyl (C=O) groups excluding carboxylic acids is 6. The molecule has 0 saturated carbocycles. The number of fused-ring (bicyclic) bond motifs is 2. The monoisotopic (exact) mass is 492 g/mol. The number of carbonyl (C=O) groups is 6. The van der Waals surface area contributed by atoms with Crippen molar-refractivity contribution < 1.29 is 38.2 Å². The number of hydrogen-bond donors (Lipinski definition) is 0. The molecule has 36 heavy (non-hydrogen) atoms. The van der Waals surface area contributed by atoms with E-state index in [4.69, 9.17) is 9.47 Å². The molecule has 0 aliphatic carbocycles. The summed E-state index contributed by atoms with van der Waals surface area (Å²) in [5.74, 6) is -4.33. The Morgan fingerprint density at radius 3 is 1.14 bits per heavy atom. The van der Waals surface area contributed by atoms with Crippen molar-refractivity contribution in [2.45, 2.75) is 38.8 Å². The van der Waals surface area contributed by atoms with Crippen molar-refractivity contribution in [3.8, 4) is 0 Å². The summed E-state index contributed by atoms with van der Waals surface area (Å²) in [6.07, 6.45) is -0.470. The smallest absolute Gasteiger partial charge is 0.329 e. The third kappa shape index (κ3) is 4.15. The maximum absolute atomic E-state index is 13.0. The molecule has 2 atom stereocenters. The first kappa shape index (κ1) is 24.8. The molecule has 2 unspecified atom stereocenters. The highest BCUT2D eigenvalue weighted by atomic mass is 16.5. The van der Waals surface area contributed by atoms with Crippen LogP contribution in [0.4, 0.5) is 0 Å². The minimum absolute atomic E-state index is 0.00177. The number of ether oxygens (including phenoxy) is 2. The minimum atomic E-state index is -1.37. The Labute approximate surface area is 206 Å². The van der Waals surface area contributed by atoms with E-state index in [0.717, 1.165) is 9.80 Å². The van der Waals surface area contributed by atoms with E-state index in [1.807, 2.05) is 0 Å². The van der Waals surface area contributed by atoms with Crippen LogP contribution in [0.5, 0.6) is 0 Å². The van der Waals surface area contributed by atoms with Crippen molar-refractivity contribution in [3.05, 3.63) is 70.8 Å². The first-order valence-electron chi connectivity index (χ1n) is 11.6. The third-order valence-corrected chi connectivity index (χ3v) is 6.11. The van der Waals surface area contributed by atoms with Crippen LogP contribution >= 0.6 is 0 Å². The highest BCUT2D eigenvalue weighted by Crippen LogP contribution is 2.30. The Bertz CT molecular complexity index is 1100. The van der Waals surface area contributed by atoms with Gasteiger partial charge in [0.15, 0.2) is 0 Å². The molecule has 4 amide bonds. The topological polar surface area (TPSA) is 127 Å². The Morgan fingerprint density at radius 1 is 0.611 bits per heavy atom. The molecule has 2 heterocycles. The van der Waals surface area contributed by atoms with Crippen molar-refractivity contribution in [2.75, 3.05) is 13.2 Å². The zero-order valence-electron chi connectivity index (χ0n) is 19.8. The molecule has 0 bridgehead atoms. The lowest BCUT2D eigenvalue weighted by Crippen LogP contribution is -2.49. The molecule has 0 spiro atoms. The largest absolute Gasteiger partial charge is 0.464 e. The molecule has 0 fully saturated rings. The molecule has 2 aromatic rings. The summed E-state index contributed by atoms with van der Waals surface area (Å²) in [5.41, 5.74) is 0.608. The number of rotatable bonds is 9. The molecule has 10 nitrogen and oxygen atoms in total. The van der Waals surface area contributed by atoms with Crippen LogP contribution in [0.2, 0.25) is 0 Å². The fourth-order valence-electron chi connectivity index (χ4n) is 4.48. The number of benzene rings is 2. The minimum Gasteiger partial charge on any atom is -0.464 e. The summed E-state index contributed by atoms with van der Waals surface area (Å²) in [7, 11) is 0. The fourth-order valence-corrected chi connectivity index (χ4v) is 4.48. The SMILES string of the molecule is CCOC(=O)C(CCC(C(=O)OCC)N1C(=O)c2ccccc2C1=O)N1C(=O)c2ccccc2C1=O. The van der Waals surface area contributed by atoms with Gasteiger partial charge < -0.3 is 9.47 Å². The van der Waals surface area contributed by atoms with Crippen molar-refractivity contribution in [1.82, 2.24) is 9.80 Å². The van der Waals surface area contributed by atoms with Crippen molar-refractivity contribution in [1.29, 1.82) is 0 Å². The molecule has 2 aliphatic heterocycles. The van der Waals surface area contributed by atoms with Crippen LogP contribution in [0.25, 0.3) is 0 Å². The molecular formula is C26H24N2O8. The first-order valence-corrected chi connectivity index (χ1v) is 11.6. The number of amides is 4. The Morgan fingerprint density at radius 2 is 0.889 bits per heavy atom. The normalized spacial score (nSPS) is 16.1. The summed E-state index contributed by atoms with van der Waals surface area (Å²) in [5, 5.41) is 0. The molecule has 4 rings (SSSR count). The van der Waals surface area contributed by atoms with E-state index < -0.39 is 47.7 Å². The van der Waals surface area contributed by atoms with E-state index >= 15 is 0 Å². The highest BCUT2D eigenvalue weighted by Gasteiger charge is 2.46. The van der Waals surface area contributed by atoms with Crippen LogP contribution in [0.3, 0.4) is 0 Å². The molecule has 0 aromatic heterocycles. The Hall–Kier alpha value is -4.34. The van der Waals surface area contributed by atoms with Crippen LogP contribution in [0, 0.1) is 0 Å². The van der Waals surface area contributed by atoms with Gasteiger partial charge in [-0.1, -0.05) is 24.3 Å². The fraction of sp³-hybridized carbons (Fsp3) is 0.308. The van der Waals surface area contributed by atoms with Crippen LogP contribution in [0.15, 0.2) is 48.5 Å². The Kier molecular flexibility index (Phi) is 6.96. The van der Waals surface area contributed by atoms with Crippen molar-refractivity contribution in [2.24, 2.45) is 0 Å². The van der Waals surface area contributed by atoms with Crippen LogP contribution in [-0.2, 0) is 19.1 Å². The van der Waals surface area contributed by atoms with Gasteiger partial charge in [0.1, 0.15) is 12.1 Å². The zero-order valence-corrected chi connectivity index (χ0v) is 19.8. The lowest BCUT2D eigenvalue weighted by Gasteiger charge is -2.28. The van der Waals surface area contributed by atoms with Gasteiger partial charge in [0, 0.05) is 0 Å². The lowest BCUT2D eigenvalue weighted by atomic mass is 10.0. The number of nitrogens with zero attached hydrogens (tertiary/aromatic N) is 2. The van der Waals surface area contributed by atoms with Crippen LogP contribution in [-0.4, -0.2) is 70.7 Å². The van der Waals surface area contributed by atoms with E-state index in [9.17, 15) is 28.8 Å². The average Bonchev–Trinajstić information content (AvgIpc) is 3.27. The molecular weight excluding hydrogens is 468 g/mol. The van der Waals surface area contributed by atoms with E-state index in [0.29, 0.717) is 0 Å². The summed E-state index contributed by atoms with van der Waals surface area (Å²) in [6, 6.07) is 9.61. The standard InChI is InChI=1S/C26H24N2O8/c1-3-35-25(33)19(27-21(29)15-9-5-6-10-16(15)22(27)30)13-14-20(26(34)36-4-2)28-23(31)17-11-7-8-12-18(17)24(28)32/h5-12,19-20H,3-4,13-14H2,1-2H3. The molecule has 0 N–H and O–H groups in total. The van der Waals surface area contributed by atoms with Crippen LogP contribution < -0.4 is 0 Å². The highest BCUT2D eigenvalue weighted by molar-refractivity contribution is 6.23. The van der Waals surface area contributed by atoms with E-state index in [1.165, 1.54) is 24.3 Å². The van der Waals surface area contributed by atoms with Crippen LogP contribution in [0.1, 0.15) is 68.1 Å². The molecule has 2 aromatic carbocycles. The van der Waals surface area contributed by atoms with Gasteiger partial charge in [-0.05, 0) is 51.0 Å². The predicted octanol–water partition coefficient (Wildman–Crippen LogP) is 2.22. The molecule has 186 valence electrons. The van der Waals surface area contributed by atoms with E-state index in [-0.39, 0.29) is 48.3 Å². The summed E-state index contributed by atoms with van der Waals surface area (Å²) in [6.45, 7) is 3.16.